The van der Waals surface area contributed by atoms with E-state index in [9.17, 15) is 9.59 Å². The minimum absolute atomic E-state index is 0.117. The van der Waals surface area contributed by atoms with Crippen LogP contribution >= 0.6 is 0 Å². The number of amides is 2. The van der Waals surface area contributed by atoms with E-state index in [4.69, 9.17) is 23.5 Å². The number of fused-ring (bicyclic) bond motifs is 7. The molecule has 7 heterocycles. The predicted molar refractivity (Wildman–Crippen MR) is 190 cm³/mol. The average molecular weight is 681 g/mol. The second kappa shape index (κ2) is 10.6. The Kier molecular flexibility index (Phi) is 6.23. The molecule has 1 spiro atoms. The molecule has 10 bridgehead atoms. The molecule has 11 nitrogen and oxygen atoms in total. The molecule has 4 aliphatic heterocycles. The van der Waals surface area contributed by atoms with E-state index < -0.39 is 23.7 Å². The van der Waals surface area contributed by atoms with Crippen molar-refractivity contribution in [2.45, 2.75) is 64.3 Å². The molecule has 256 valence electrons. The Balaban J connectivity index is 1.29. The Morgan fingerprint density at radius 2 is 1.86 bits per heavy atom. The van der Waals surface area contributed by atoms with Gasteiger partial charge in [0.2, 0.25) is 23.6 Å². The van der Waals surface area contributed by atoms with Crippen LogP contribution in [0.1, 0.15) is 68.5 Å². The van der Waals surface area contributed by atoms with Crippen molar-refractivity contribution < 1.29 is 23.2 Å². The fourth-order valence-corrected chi connectivity index (χ4v) is 8.36. The number of anilines is 1. The number of hydrogen-bond donors (Lipinski definition) is 4. The molecule has 0 radical (unpaired) electrons. The van der Waals surface area contributed by atoms with E-state index in [0.717, 1.165) is 50.0 Å². The average Bonchev–Trinajstić information content (AvgIpc) is 3.95. The number of oxazole rings is 2. The molecule has 0 saturated heterocycles. The van der Waals surface area contributed by atoms with Gasteiger partial charge in [-0.15, -0.1) is 0 Å². The molecule has 2 unspecified atom stereocenters. The van der Waals surface area contributed by atoms with Crippen molar-refractivity contribution in [1.82, 2.24) is 25.6 Å². The lowest BCUT2D eigenvalue weighted by molar-refractivity contribution is -0.131. The summed E-state index contributed by atoms with van der Waals surface area (Å²) >= 11 is 0. The van der Waals surface area contributed by atoms with Gasteiger partial charge in [-0.2, -0.15) is 0 Å². The monoisotopic (exact) mass is 680 g/mol. The highest BCUT2D eigenvalue weighted by Crippen LogP contribution is 2.61. The van der Waals surface area contributed by atoms with Crippen LogP contribution in [0.2, 0.25) is 0 Å². The minimum atomic E-state index is -1.01. The fraction of sp³-hybridized carbons (Fsp3) is 0.300. The largest absolute Gasteiger partial charge is 0.469 e. The standard InChI is InChI=1S/C40H36N6O5/c1-5-19(4)35(47)43-27-15-20-12-13-28-25(14-20)40-24-10-6-9-22(32(24)46-39(40)50-28)21-8-7-11-26-30(21)23(16-41-26)29-17-42-37(49-29)33-34(40)51-38(45-33)31(18(2)3)44-36(27)48/h6-14,16-19,27,31,39,41,46H,5,15H2,1-4H3,(H,43,47)(H,44,48)/t19-,27-,31-,39?,40?/m0/s1. The summed E-state index contributed by atoms with van der Waals surface area (Å²) in [6.45, 7) is 7.84. The normalized spacial score (nSPS) is 22.7. The van der Waals surface area contributed by atoms with E-state index in [1.165, 1.54) is 0 Å². The van der Waals surface area contributed by atoms with Gasteiger partial charge in [-0.3, -0.25) is 9.59 Å². The lowest BCUT2D eigenvalue weighted by Gasteiger charge is -2.29. The van der Waals surface area contributed by atoms with Crippen molar-refractivity contribution in [3.05, 3.63) is 95.3 Å². The maximum Gasteiger partial charge on any atom is 0.249 e. The van der Waals surface area contributed by atoms with Crippen LogP contribution < -0.4 is 20.7 Å². The summed E-state index contributed by atoms with van der Waals surface area (Å²) in [4.78, 5) is 40.7. The molecule has 0 aliphatic carbocycles. The number of nitrogens with zero attached hydrogens (tertiary/aromatic N) is 2. The second-order valence-corrected chi connectivity index (χ2v) is 14.5. The van der Waals surface area contributed by atoms with Crippen LogP contribution in [0.25, 0.3) is 44.9 Å². The number of carbonyl (C=O) groups excluding carboxylic acids is 2. The van der Waals surface area contributed by atoms with Crippen molar-refractivity contribution in [2.24, 2.45) is 11.8 Å². The molecule has 2 amide bonds. The third-order valence-electron chi connectivity index (χ3n) is 11.2. The second-order valence-electron chi connectivity index (χ2n) is 14.5. The van der Waals surface area contributed by atoms with Crippen molar-refractivity contribution in [3.8, 4) is 39.8 Å². The molecule has 6 aromatic rings. The van der Waals surface area contributed by atoms with E-state index in [0.29, 0.717) is 41.2 Å². The van der Waals surface area contributed by atoms with E-state index in [1.807, 2.05) is 46.0 Å². The summed E-state index contributed by atoms with van der Waals surface area (Å²) < 4.78 is 20.5. The first kappa shape index (κ1) is 30.0. The van der Waals surface area contributed by atoms with Gasteiger partial charge in [0.1, 0.15) is 23.2 Å². The van der Waals surface area contributed by atoms with Gasteiger partial charge in [0, 0.05) is 57.4 Å². The molecular formula is C40H36N6O5. The molecule has 3 aromatic heterocycles. The highest BCUT2D eigenvalue weighted by Gasteiger charge is 2.61. The van der Waals surface area contributed by atoms with Crippen LogP contribution in [0.4, 0.5) is 5.69 Å². The topological polar surface area (TPSA) is 147 Å². The summed E-state index contributed by atoms with van der Waals surface area (Å²) in [6.07, 6.45) is 4.02. The Labute approximate surface area is 293 Å². The lowest BCUT2D eigenvalue weighted by Crippen LogP contribution is -2.50. The maximum absolute atomic E-state index is 14.1. The van der Waals surface area contributed by atoms with Gasteiger partial charge in [0.05, 0.1) is 6.20 Å². The van der Waals surface area contributed by atoms with Crippen LogP contribution in [0.3, 0.4) is 0 Å². The van der Waals surface area contributed by atoms with Crippen molar-refractivity contribution in [3.63, 3.8) is 0 Å². The van der Waals surface area contributed by atoms with Gasteiger partial charge >= 0.3 is 0 Å². The smallest absolute Gasteiger partial charge is 0.249 e. The summed E-state index contributed by atoms with van der Waals surface area (Å²) in [5, 5.41) is 11.0. The molecule has 5 atom stereocenters. The molecule has 3 aromatic carbocycles. The number of para-hydroxylation sites is 1. The molecule has 51 heavy (non-hydrogen) atoms. The third kappa shape index (κ3) is 4.05. The number of nitrogens with one attached hydrogen (secondary N) is 4. The van der Waals surface area contributed by atoms with Crippen LogP contribution in [0, 0.1) is 11.8 Å². The summed E-state index contributed by atoms with van der Waals surface area (Å²) in [7, 11) is 0. The number of aromatic nitrogens is 3. The Hall–Kier alpha value is -5.84. The summed E-state index contributed by atoms with van der Waals surface area (Å²) in [5.74, 6) is 1.57. The Morgan fingerprint density at radius 1 is 1.02 bits per heavy atom. The van der Waals surface area contributed by atoms with Crippen LogP contribution in [-0.4, -0.2) is 39.0 Å². The highest BCUT2D eigenvalue weighted by atomic mass is 16.5. The number of ether oxygens (including phenoxy) is 1. The molecule has 10 rings (SSSR count). The molecule has 4 aliphatic rings. The van der Waals surface area contributed by atoms with Crippen LogP contribution in [0.5, 0.6) is 5.75 Å². The highest BCUT2D eigenvalue weighted by molar-refractivity contribution is 6.07. The zero-order chi connectivity index (χ0) is 34.8. The Bertz CT molecular complexity index is 2440. The number of H-pyrrole nitrogens is 1. The van der Waals surface area contributed by atoms with Gasteiger partial charge in [-0.05, 0) is 35.6 Å². The number of hydrogen-bond acceptors (Lipinski definition) is 8. The van der Waals surface area contributed by atoms with Crippen molar-refractivity contribution in [1.29, 1.82) is 0 Å². The Morgan fingerprint density at radius 3 is 2.71 bits per heavy atom. The molecule has 0 fully saturated rings. The fourth-order valence-electron chi connectivity index (χ4n) is 8.36. The zero-order valence-corrected chi connectivity index (χ0v) is 28.6. The lowest BCUT2D eigenvalue weighted by atomic mass is 9.72. The number of aromatic amines is 1. The van der Waals surface area contributed by atoms with E-state index in [2.05, 4.69) is 63.4 Å². The van der Waals surface area contributed by atoms with Gasteiger partial charge < -0.3 is 34.5 Å². The van der Waals surface area contributed by atoms with Crippen molar-refractivity contribution >= 4 is 28.4 Å². The molecule has 4 N–H and O–H groups in total. The number of carbonyl (C=O) groups is 2. The van der Waals surface area contributed by atoms with E-state index >= 15 is 0 Å². The number of rotatable bonds is 4. The first-order valence-electron chi connectivity index (χ1n) is 17.6. The van der Waals surface area contributed by atoms with Crippen LogP contribution in [-0.2, 0) is 21.4 Å². The van der Waals surface area contributed by atoms with Crippen molar-refractivity contribution in [2.75, 3.05) is 5.32 Å². The van der Waals surface area contributed by atoms with E-state index in [1.54, 1.807) is 6.20 Å². The van der Waals surface area contributed by atoms with Crippen LogP contribution in [0.15, 0.2) is 75.8 Å². The van der Waals surface area contributed by atoms with Gasteiger partial charge in [-0.25, -0.2) is 9.97 Å². The quantitative estimate of drug-likeness (QED) is 0.158. The minimum Gasteiger partial charge on any atom is -0.469 e. The number of benzene rings is 3. The molecular weight excluding hydrogens is 644 g/mol. The first-order valence-corrected chi connectivity index (χ1v) is 17.6. The first-order chi connectivity index (χ1) is 24.8. The summed E-state index contributed by atoms with van der Waals surface area (Å²) in [5.41, 5.74) is 6.97. The van der Waals surface area contributed by atoms with Gasteiger partial charge in [0.15, 0.2) is 23.4 Å². The third-order valence-corrected chi connectivity index (χ3v) is 11.2. The molecule has 0 saturated carbocycles. The predicted octanol–water partition coefficient (Wildman–Crippen LogP) is 6.84. The molecule has 11 heteroatoms. The van der Waals surface area contributed by atoms with Gasteiger partial charge in [-0.1, -0.05) is 70.2 Å². The zero-order valence-electron chi connectivity index (χ0n) is 28.6. The maximum atomic E-state index is 14.1. The summed E-state index contributed by atoms with van der Waals surface area (Å²) in [6, 6.07) is 17.1. The van der Waals surface area contributed by atoms with Gasteiger partial charge in [0.25, 0.3) is 0 Å². The van der Waals surface area contributed by atoms with E-state index in [-0.39, 0.29) is 30.1 Å². The SMILES string of the molecule is CC[C@H](C)C(=O)N[C@H]1Cc2ccc3c(c2)C24c5cccc(c5NC2O3)-c2cccc3[nH]cc(c23)-c2cnc(o2)-c2nc(oc24)[C@H](C(C)C)NC1=O.